The summed E-state index contributed by atoms with van der Waals surface area (Å²) in [6.45, 7) is 2.62. The van der Waals surface area contributed by atoms with Crippen LogP contribution in [0.5, 0.6) is 5.88 Å². The number of ether oxygens (including phenoxy) is 2. The fourth-order valence-electron chi connectivity index (χ4n) is 4.71. The monoisotopic (exact) mass is 509 g/mol. The summed E-state index contributed by atoms with van der Waals surface area (Å²) >= 11 is 3.72. The Labute approximate surface area is 189 Å². The van der Waals surface area contributed by atoms with Crippen LogP contribution in [0, 0.1) is 0 Å². The van der Waals surface area contributed by atoms with Crippen molar-refractivity contribution in [1.82, 2.24) is 9.78 Å². The molecule has 2 aliphatic carbocycles. The quantitative estimate of drug-likeness (QED) is 0.655. The summed E-state index contributed by atoms with van der Waals surface area (Å²) in [5.41, 5.74) is 4.93. The molecular formula is C20H24BrN5O4S. The van der Waals surface area contributed by atoms with E-state index in [0.717, 1.165) is 48.9 Å². The van der Waals surface area contributed by atoms with Crippen molar-refractivity contribution in [3.05, 3.63) is 32.9 Å². The number of methoxy groups -OCH3 is 1. The maximum Gasteiger partial charge on any atom is 0.354 e. The molecule has 2 amide bonds. The topological polar surface area (TPSA) is 121 Å². The van der Waals surface area contributed by atoms with Crippen LogP contribution in [0.25, 0.3) is 0 Å². The number of carbonyl (C=O) groups is 1. The van der Waals surface area contributed by atoms with Crippen molar-refractivity contribution >= 4 is 37.6 Å². The molecule has 1 aliphatic heterocycles. The second-order valence-corrected chi connectivity index (χ2v) is 11.1. The van der Waals surface area contributed by atoms with Gasteiger partial charge in [-0.1, -0.05) is 15.9 Å². The summed E-state index contributed by atoms with van der Waals surface area (Å²) in [5, 5.41) is 13.1. The molecule has 2 aromatic rings. The van der Waals surface area contributed by atoms with Gasteiger partial charge in [-0.05, 0) is 61.3 Å². The summed E-state index contributed by atoms with van der Waals surface area (Å²) in [4.78, 5) is 12.9. The molecule has 0 fully saturated rings. The zero-order chi connectivity index (χ0) is 22.0. The second-order valence-electron chi connectivity index (χ2n) is 8.50. The summed E-state index contributed by atoms with van der Waals surface area (Å²) in [7, 11) is -1.97. The molecule has 5 rings (SSSR count). The minimum atomic E-state index is -3.55. The number of aromatic nitrogens is 2. The highest BCUT2D eigenvalue weighted by molar-refractivity contribution is 9.10. The number of fused-ring (bicyclic) bond motifs is 3. The molecule has 1 aromatic heterocycles. The fraction of sp³-hybridized carbons (Fsp3) is 0.500. The van der Waals surface area contributed by atoms with E-state index in [2.05, 4.69) is 30.7 Å². The van der Waals surface area contributed by atoms with Gasteiger partial charge in [-0.3, -0.25) is 0 Å². The average molecular weight is 510 g/mol. The van der Waals surface area contributed by atoms with E-state index in [9.17, 15) is 9.00 Å². The second kappa shape index (κ2) is 7.29. The lowest BCUT2D eigenvalue weighted by Gasteiger charge is -2.27. The van der Waals surface area contributed by atoms with E-state index in [-0.39, 0.29) is 10.8 Å². The Morgan fingerprint density at radius 1 is 1.35 bits per heavy atom. The van der Waals surface area contributed by atoms with Crippen LogP contribution < -0.4 is 15.2 Å². The molecule has 3 aliphatic rings. The van der Waals surface area contributed by atoms with Gasteiger partial charge >= 0.3 is 6.03 Å². The molecule has 9 nitrogen and oxygen atoms in total. The van der Waals surface area contributed by atoms with E-state index in [1.165, 1.54) is 21.8 Å². The Hall–Kier alpha value is -1.95. The van der Waals surface area contributed by atoms with Gasteiger partial charge in [0.1, 0.15) is 4.90 Å². The molecule has 3 N–H and O–H groups in total. The van der Waals surface area contributed by atoms with Gasteiger partial charge in [0.2, 0.25) is 5.88 Å². The first kappa shape index (κ1) is 20.9. The number of halogens is 1. The minimum Gasteiger partial charge on any atom is -0.466 e. The molecule has 0 spiro atoms. The molecule has 1 aromatic carbocycles. The largest absolute Gasteiger partial charge is 0.466 e. The first-order valence-electron chi connectivity index (χ1n) is 10.2. The normalized spacial score (nSPS) is 22.6. The Morgan fingerprint density at radius 2 is 2.03 bits per heavy atom. The van der Waals surface area contributed by atoms with Crippen LogP contribution in [0.2, 0.25) is 0 Å². The molecule has 1 unspecified atom stereocenters. The number of amides is 2. The third-order valence-electron chi connectivity index (χ3n) is 6.14. The van der Waals surface area contributed by atoms with Crippen molar-refractivity contribution < 1.29 is 18.5 Å². The molecule has 2 atom stereocenters. The third kappa shape index (κ3) is 3.38. The van der Waals surface area contributed by atoms with Crippen molar-refractivity contribution in [1.29, 1.82) is 0 Å². The Balaban J connectivity index is 1.45. The first-order valence-corrected chi connectivity index (χ1v) is 12.5. The number of rotatable bonds is 4. The van der Waals surface area contributed by atoms with Crippen LogP contribution in [0.3, 0.4) is 0 Å². The summed E-state index contributed by atoms with van der Waals surface area (Å²) in [6.07, 6.45) is 6.17. The molecule has 0 bridgehead atoms. The number of hydrogen-bond donors (Lipinski definition) is 2. The number of anilines is 1. The molecule has 2 heterocycles. The molecular weight excluding hydrogens is 486 g/mol. The molecule has 0 radical (unpaired) electrons. The molecule has 0 saturated carbocycles. The van der Waals surface area contributed by atoms with Gasteiger partial charge in [-0.2, -0.15) is 5.10 Å². The van der Waals surface area contributed by atoms with Crippen LogP contribution in [0.4, 0.5) is 10.5 Å². The summed E-state index contributed by atoms with van der Waals surface area (Å²) in [5.74, 6) is 0.261. The number of hydrogen-bond acceptors (Lipinski definition) is 5. The molecule has 11 heteroatoms. The van der Waals surface area contributed by atoms with Gasteiger partial charge in [0.05, 0.1) is 19.3 Å². The number of benzene rings is 1. The van der Waals surface area contributed by atoms with Crippen molar-refractivity contribution in [2.45, 2.75) is 56.1 Å². The van der Waals surface area contributed by atoms with Crippen molar-refractivity contribution in [2.75, 3.05) is 19.0 Å². The first-order chi connectivity index (χ1) is 14.7. The van der Waals surface area contributed by atoms with Gasteiger partial charge in [0.25, 0.3) is 0 Å². The van der Waals surface area contributed by atoms with Gasteiger partial charge < -0.3 is 14.8 Å². The molecule has 0 saturated heterocycles. The van der Waals surface area contributed by atoms with Crippen molar-refractivity contribution in [2.24, 2.45) is 9.50 Å². The highest BCUT2D eigenvalue weighted by atomic mass is 79.9. The number of urea groups is 1. The standard InChI is InChI=1S/C20H24BrN5O4S/c1-20(10-29-2)9-26-18(30-20)15(8-23-26)31(22,28)25-19(27)24-17-13-5-3-4-11(13)16(21)12-6-7-14(12)17/h8H,3-7,9-10H2,1-2H3,(H3,22,24,25,27,28)/t20-,31?/m1/s1. The zero-order valence-corrected chi connectivity index (χ0v) is 19.8. The smallest absolute Gasteiger partial charge is 0.354 e. The Kier molecular flexibility index (Phi) is 4.92. The van der Waals surface area contributed by atoms with Crippen LogP contribution in [-0.2, 0) is 46.9 Å². The van der Waals surface area contributed by atoms with Crippen LogP contribution in [-0.4, -0.2) is 39.3 Å². The average Bonchev–Trinajstić information content (AvgIpc) is 3.32. The van der Waals surface area contributed by atoms with Crippen LogP contribution in [0.1, 0.15) is 35.6 Å². The maximum atomic E-state index is 13.2. The number of carbonyl (C=O) groups excluding carboxylic acids is 1. The van der Waals surface area contributed by atoms with Crippen LogP contribution in [0.15, 0.2) is 19.9 Å². The predicted octanol–water partition coefficient (Wildman–Crippen LogP) is 2.96. The number of nitrogens with zero attached hydrogens (tertiary/aromatic N) is 3. The SMILES string of the molecule is COC[C@@]1(C)Cn2ncc(S(N)(=O)=NC(=O)Nc3c4c(c(Br)c5c3CC5)CCC4)c2O1. The summed E-state index contributed by atoms with van der Waals surface area (Å²) in [6, 6.07) is -0.726. The van der Waals surface area contributed by atoms with Gasteiger partial charge in [-0.25, -0.2) is 18.8 Å². The zero-order valence-electron chi connectivity index (χ0n) is 17.4. The van der Waals surface area contributed by atoms with E-state index < -0.39 is 21.5 Å². The number of nitrogens with one attached hydrogen (secondary N) is 1. The molecule has 31 heavy (non-hydrogen) atoms. The van der Waals surface area contributed by atoms with E-state index in [1.54, 1.807) is 11.8 Å². The highest BCUT2D eigenvalue weighted by Crippen LogP contribution is 2.45. The van der Waals surface area contributed by atoms with Crippen molar-refractivity contribution in [3.8, 4) is 5.88 Å². The van der Waals surface area contributed by atoms with Crippen LogP contribution >= 0.6 is 15.9 Å². The molecule has 166 valence electrons. The van der Waals surface area contributed by atoms with Crippen molar-refractivity contribution in [3.63, 3.8) is 0 Å². The Morgan fingerprint density at radius 3 is 2.74 bits per heavy atom. The van der Waals surface area contributed by atoms with E-state index >= 15 is 0 Å². The maximum absolute atomic E-state index is 13.2. The van der Waals surface area contributed by atoms with E-state index in [4.69, 9.17) is 14.6 Å². The summed E-state index contributed by atoms with van der Waals surface area (Å²) < 4.78 is 30.9. The lowest BCUT2D eigenvalue weighted by Crippen LogP contribution is -2.36. The van der Waals surface area contributed by atoms with Gasteiger partial charge in [0, 0.05) is 17.3 Å². The van der Waals surface area contributed by atoms with Gasteiger partial charge in [-0.15, -0.1) is 4.36 Å². The third-order valence-corrected chi connectivity index (χ3v) is 8.45. The minimum absolute atomic E-state index is 0.108. The lowest BCUT2D eigenvalue weighted by molar-refractivity contribution is 0.0165. The lowest BCUT2D eigenvalue weighted by atomic mass is 9.83. The van der Waals surface area contributed by atoms with Gasteiger partial charge in [0.15, 0.2) is 15.5 Å². The predicted molar refractivity (Wildman–Crippen MR) is 119 cm³/mol. The number of nitrogens with two attached hydrogens (primary N) is 1. The van der Waals surface area contributed by atoms with E-state index in [1.807, 2.05) is 6.92 Å². The van der Waals surface area contributed by atoms with E-state index in [0.29, 0.717) is 13.2 Å². The Bertz CT molecular complexity index is 1230. The highest BCUT2D eigenvalue weighted by Gasteiger charge is 2.39. The fourth-order valence-corrected chi connectivity index (χ4v) is 6.57.